The van der Waals surface area contributed by atoms with Crippen molar-refractivity contribution < 1.29 is 10.0 Å². The lowest BCUT2D eigenvalue weighted by Gasteiger charge is -2.26. The Labute approximate surface area is 116 Å². The van der Waals surface area contributed by atoms with Crippen LogP contribution in [-0.4, -0.2) is 10.0 Å². The summed E-state index contributed by atoms with van der Waals surface area (Å²) in [5, 5.41) is 21.1. The van der Waals surface area contributed by atoms with Gasteiger partial charge in [0, 0.05) is 18.1 Å². The zero-order valence-electron chi connectivity index (χ0n) is 10.6. The van der Waals surface area contributed by atoms with Gasteiger partial charge in [-0.3, -0.25) is 10.1 Å². The molecule has 4 nitrogen and oxygen atoms in total. The third-order valence-corrected chi connectivity index (χ3v) is 3.63. The largest absolute Gasteiger partial charge is 0.387 e. The molecule has 1 aliphatic rings. The Morgan fingerprint density at radius 3 is 2.45 bits per heavy atom. The average Bonchev–Trinajstić information content (AvgIpc) is 2.48. The summed E-state index contributed by atoms with van der Waals surface area (Å²) in [6.45, 7) is 0. The van der Waals surface area contributed by atoms with Crippen molar-refractivity contribution in [3.05, 3.63) is 81.4 Å². The molecular formula is C16H13NO3. The van der Waals surface area contributed by atoms with Crippen LogP contribution in [0.15, 0.2) is 54.6 Å². The minimum Gasteiger partial charge on any atom is -0.387 e. The van der Waals surface area contributed by atoms with Crippen LogP contribution in [0.25, 0.3) is 6.08 Å². The molecule has 2 atom stereocenters. The summed E-state index contributed by atoms with van der Waals surface area (Å²) in [5.41, 5.74) is 2.83. The number of non-ortho nitro benzene ring substituents is 1. The van der Waals surface area contributed by atoms with Crippen LogP contribution < -0.4 is 0 Å². The van der Waals surface area contributed by atoms with E-state index in [-0.39, 0.29) is 11.6 Å². The van der Waals surface area contributed by atoms with Crippen molar-refractivity contribution in [2.45, 2.75) is 12.0 Å². The van der Waals surface area contributed by atoms with Gasteiger partial charge in [0.1, 0.15) is 0 Å². The molecule has 3 rings (SSSR count). The van der Waals surface area contributed by atoms with Crippen LogP contribution in [0.2, 0.25) is 0 Å². The first-order chi connectivity index (χ1) is 9.66. The molecule has 0 aromatic heterocycles. The predicted octanol–water partition coefficient (Wildman–Crippen LogP) is 3.44. The highest BCUT2D eigenvalue weighted by Crippen LogP contribution is 2.38. The molecule has 0 bridgehead atoms. The van der Waals surface area contributed by atoms with Crippen molar-refractivity contribution >= 4 is 11.8 Å². The van der Waals surface area contributed by atoms with Gasteiger partial charge in [-0.1, -0.05) is 48.6 Å². The molecule has 1 N–H and O–H groups in total. The normalized spacial score (nSPS) is 20.4. The molecule has 0 aliphatic heterocycles. The summed E-state index contributed by atoms with van der Waals surface area (Å²) in [7, 11) is 0. The van der Waals surface area contributed by atoms with E-state index in [0.717, 1.165) is 16.7 Å². The molecule has 2 aromatic carbocycles. The van der Waals surface area contributed by atoms with Crippen molar-refractivity contribution in [3.8, 4) is 0 Å². The van der Waals surface area contributed by atoms with Gasteiger partial charge in [-0.15, -0.1) is 0 Å². The van der Waals surface area contributed by atoms with Crippen molar-refractivity contribution in [1.82, 2.24) is 0 Å². The summed E-state index contributed by atoms with van der Waals surface area (Å²) >= 11 is 0. The highest BCUT2D eigenvalue weighted by molar-refractivity contribution is 5.60. The quantitative estimate of drug-likeness (QED) is 0.669. The third-order valence-electron chi connectivity index (χ3n) is 3.63. The molecule has 0 radical (unpaired) electrons. The van der Waals surface area contributed by atoms with E-state index in [0.29, 0.717) is 0 Å². The first kappa shape index (κ1) is 12.6. The molecule has 0 heterocycles. The Morgan fingerprint density at radius 2 is 1.75 bits per heavy atom. The van der Waals surface area contributed by atoms with Gasteiger partial charge in [0.05, 0.1) is 11.0 Å². The van der Waals surface area contributed by atoms with E-state index in [2.05, 4.69) is 0 Å². The Bertz CT molecular complexity index is 676. The molecule has 1 aliphatic carbocycles. The fraction of sp³-hybridized carbons (Fsp3) is 0.125. The lowest BCUT2D eigenvalue weighted by molar-refractivity contribution is -0.384. The van der Waals surface area contributed by atoms with E-state index in [4.69, 9.17) is 0 Å². The summed E-state index contributed by atoms with van der Waals surface area (Å²) in [4.78, 5) is 10.2. The fourth-order valence-electron chi connectivity index (χ4n) is 2.55. The second-order valence-corrected chi connectivity index (χ2v) is 4.81. The Hall–Kier alpha value is -2.46. The molecular weight excluding hydrogens is 254 g/mol. The number of fused-ring (bicyclic) bond motifs is 1. The Morgan fingerprint density at radius 1 is 1.05 bits per heavy atom. The number of aliphatic hydroxyl groups excluding tert-OH is 1. The van der Waals surface area contributed by atoms with Crippen LogP contribution in [0.4, 0.5) is 5.69 Å². The van der Waals surface area contributed by atoms with E-state index < -0.39 is 11.0 Å². The number of hydrogen-bond donors (Lipinski definition) is 1. The molecule has 2 aromatic rings. The van der Waals surface area contributed by atoms with Gasteiger partial charge in [-0.05, 0) is 16.7 Å². The van der Waals surface area contributed by atoms with Gasteiger partial charge in [0.15, 0.2) is 0 Å². The van der Waals surface area contributed by atoms with Gasteiger partial charge in [-0.25, -0.2) is 0 Å². The number of benzene rings is 2. The number of nitro benzene ring substituents is 1. The molecule has 20 heavy (non-hydrogen) atoms. The van der Waals surface area contributed by atoms with Gasteiger partial charge < -0.3 is 5.11 Å². The summed E-state index contributed by atoms with van der Waals surface area (Å²) in [5.74, 6) is -0.175. The topological polar surface area (TPSA) is 63.4 Å². The molecule has 0 spiro atoms. The van der Waals surface area contributed by atoms with E-state index in [1.54, 1.807) is 12.1 Å². The van der Waals surface area contributed by atoms with Crippen LogP contribution in [0, 0.1) is 10.1 Å². The maximum atomic E-state index is 10.7. The highest BCUT2D eigenvalue weighted by Gasteiger charge is 2.25. The molecule has 0 fully saturated rings. The SMILES string of the molecule is O=[N+]([O-])c1ccc([C@@H]2C=Cc3ccccc3[C@@H]2O)cc1. The van der Waals surface area contributed by atoms with Crippen molar-refractivity contribution in [2.75, 3.05) is 0 Å². The lowest BCUT2D eigenvalue weighted by atomic mass is 9.83. The monoisotopic (exact) mass is 267 g/mol. The predicted molar refractivity (Wildman–Crippen MR) is 76.3 cm³/mol. The van der Waals surface area contributed by atoms with Crippen LogP contribution >= 0.6 is 0 Å². The van der Waals surface area contributed by atoms with Crippen LogP contribution in [-0.2, 0) is 0 Å². The summed E-state index contributed by atoms with van der Waals surface area (Å²) in [6, 6.07) is 14.0. The van der Waals surface area contributed by atoms with Gasteiger partial charge in [0.25, 0.3) is 5.69 Å². The lowest BCUT2D eigenvalue weighted by Crippen LogP contribution is -2.13. The second kappa shape index (κ2) is 4.90. The zero-order valence-corrected chi connectivity index (χ0v) is 10.6. The van der Waals surface area contributed by atoms with Gasteiger partial charge in [-0.2, -0.15) is 0 Å². The first-order valence-electron chi connectivity index (χ1n) is 6.36. The second-order valence-electron chi connectivity index (χ2n) is 4.81. The maximum Gasteiger partial charge on any atom is 0.269 e. The molecule has 100 valence electrons. The third kappa shape index (κ3) is 2.10. The van der Waals surface area contributed by atoms with E-state index >= 15 is 0 Å². The van der Waals surface area contributed by atoms with Crippen molar-refractivity contribution in [3.63, 3.8) is 0 Å². The van der Waals surface area contributed by atoms with Crippen molar-refractivity contribution in [1.29, 1.82) is 0 Å². The van der Waals surface area contributed by atoms with E-state index in [1.807, 2.05) is 36.4 Å². The van der Waals surface area contributed by atoms with Crippen molar-refractivity contribution in [2.24, 2.45) is 0 Å². The Kier molecular flexibility index (Phi) is 3.08. The van der Waals surface area contributed by atoms with E-state index in [9.17, 15) is 15.2 Å². The summed E-state index contributed by atoms with van der Waals surface area (Å²) in [6.07, 6.45) is 3.29. The number of hydrogen-bond acceptors (Lipinski definition) is 3. The van der Waals surface area contributed by atoms with Gasteiger partial charge >= 0.3 is 0 Å². The number of nitrogens with zero attached hydrogens (tertiary/aromatic N) is 1. The fourth-order valence-corrected chi connectivity index (χ4v) is 2.55. The Balaban J connectivity index is 1.94. The molecule has 0 saturated heterocycles. The maximum absolute atomic E-state index is 10.7. The highest BCUT2D eigenvalue weighted by atomic mass is 16.6. The smallest absolute Gasteiger partial charge is 0.269 e. The number of nitro groups is 1. The van der Waals surface area contributed by atoms with Crippen LogP contribution in [0.3, 0.4) is 0 Å². The van der Waals surface area contributed by atoms with Crippen LogP contribution in [0.5, 0.6) is 0 Å². The average molecular weight is 267 g/mol. The first-order valence-corrected chi connectivity index (χ1v) is 6.36. The van der Waals surface area contributed by atoms with Gasteiger partial charge in [0.2, 0.25) is 0 Å². The molecule has 0 unspecified atom stereocenters. The molecule has 4 heteroatoms. The minimum atomic E-state index is -0.627. The zero-order chi connectivity index (χ0) is 14.1. The van der Waals surface area contributed by atoms with E-state index in [1.165, 1.54) is 12.1 Å². The number of aliphatic hydroxyl groups is 1. The molecule has 0 saturated carbocycles. The van der Waals surface area contributed by atoms with Crippen LogP contribution in [0.1, 0.15) is 28.7 Å². The minimum absolute atomic E-state index is 0.0587. The summed E-state index contributed by atoms with van der Waals surface area (Å²) < 4.78 is 0. The molecule has 0 amide bonds. The number of rotatable bonds is 2. The standard InChI is InChI=1S/C16H13NO3/c18-16-14-4-2-1-3-11(14)7-10-15(16)12-5-8-13(9-6-12)17(19)20/h1-10,15-16,18H/t15-,16-/m0/s1.